The molecule has 2 N–H and O–H groups in total. The van der Waals surface area contributed by atoms with Gasteiger partial charge in [0.25, 0.3) is 0 Å². The molecule has 2 rings (SSSR count). The van der Waals surface area contributed by atoms with E-state index < -0.39 is 5.97 Å². The first-order chi connectivity index (χ1) is 10.5. The van der Waals surface area contributed by atoms with Gasteiger partial charge in [0.2, 0.25) is 0 Å². The predicted molar refractivity (Wildman–Crippen MR) is 81.4 cm³/mol. The Hall–Kier alpha value is -3.08. The maximum absolute atomic E-state index is 12.1. The molecule has 2 aromatic rings. The number of methoxy groups -OCH3 is 1. The first-order valence-corrected chi connectivity index (χ1v) is 6.44. The maximum Gasteiger partial charge on any atom is 0.335 e. The van der Waals surface area contributed by atoms with Crippen molar-refractivity contribution in [3.63, 3.8) is 0 Å². The van der Waals surface area contributed by atoms with Crippen LogP contribution in [0.1, 0.15) is 26.3 Å². The van der Waals surface area contributed by atoms with Crippen LogP contribution < -0.4 is 4.74 Å². The highest BCUT2D eigenvalue weighted by molar-refractivity contribution is 6.07. The average molecular weight is 298 g/mol. The van der Waals surface area contributed by atoms with E-state index in [2.05, 4.69) is 0 Å². The molecule has 22 heavy (non-hydrogen) atoms. The van der Waals surface area contributed by atoms with Gasteiger partial charge in [-0.25, -0.2) is 4.79 Å². The van der Waals surface area contributed by atoms with Crippen molar-refractivity contribution in [1.29, 1.82) is 0 Å². The molecule has 0 heterocycles. The fraction of sp³-hybridized carbons (Fsp3) is 0.0588. The zero-order valence-electron chi connectivity index (χ0n) is 11.8. The fourth-order valence-corrected chi connectivity index (χ4v) is 1.84. The zero-order chi connectivity index (χ0) is 16.1. The van der Waals surface area contributed by atoms with E-state index in [1.165, 1.54) is 43.5 Å². The van der Waals surface area contributed by atoms with E-state index in [1.807, 2.05) is 0 Å². The van der Waals surface area contributed by atoms with Crippen LogP contribution >= 0.6 is 0 Å². The number of carbonyl (C=O) groups excluding carboxylic acids is 1. The third-order valence-electron chi connectivity index (χ3n) is 3.05. The summed E-state index contributed by atoms with van der Waals surface area (Å²) in [6.45, 7) is 0. The summed E-state index contributed by atoms with van der Waals surface area (Å²) in [6, 6.07) is 10.5. The smallest absolute Gasteiger partial charge is 0.335 e. The largest absolute Gasteiger partial charge is 0.504 e. The zero-order valence-corrected chi connectivity index (χ0v) is 11.8. The van der Waals surface area contributed by atoms with Gasteiger partial charge in [-0.3, -0.25) is 4.79 Å². The summed E-state index contributed by atoms with van der Waals surface area (Å²) in [5.41, 5.74) is 1.28. The number of aromatic hydroxyl groups is 1. The first kappa shape index (κ1) is 15.3. The Balaban J connectivity index is 2.15. The molecular formula is C17H14O5. The molecular weight excluding hydrogens is 284 g/mol. The molecule has 0 unspecified atom stereocenters. The maximum atomic E-state index is 12.1. The van der Waals surface area contributed by atoms with Gasteiger partial charge in [-0.1, -0.05) is 18.2 Å². The summed E-state index contributed by atoms with van der Waals surface area (Å²) < 4.78 is 4.95. The number of hydrogen-bond acceptors (Lipinski definition) is 4. The van der Waals surface area contributed by atoms with E-state index in [-0.39, 0.29) is 22.8 Å². The lowest BCUT2D eigenvalue weighted by Gasteiger charge is -2.04. The topological polar surface area (TPSA) is 83.8 Å². The van der Waals surface area contributed by atoms with Crippen molar-refractivity contribution in [2.75, 3.05) is 7.11 Å². The number of carboxylic acids is 1. The van der Waals surface area contributed by atoms with Crippen LogP contribution in [0.5, 0.6) is 11.5 Å². The van der Waals surface area contributed by atoms with Crippen LogP contribution in [-0.4, -0.2) is 29.1 Å². The number of benzene rings is 2. The number of rotatable bonds is 5. The Labute approximate surface area is 127 Å². The predicted octanol–water partition coefficient (Wildman–Crippen LogP) is 3.00. The molecule has 0 bridgehead atoms. The third-order valence-corrected chi connectivity index (χ3v) is 3.05. The summed E-state index contributed by atoms with van der Waals surface area (Å²) in [7, 11) is 1.41. The van der Waals surface area contributed by atoms with Crippen LogP contribution in [0.25, 0.3) is 6.08 Å². The van der Waals surface area contributed by atoms with E-state index in [9.17, 15) is 14.7 Å². The van der Waals surface area contributed by atoms with Gasteiger partial charge in [-0.05, 0) is 42.0 Å². The Morgan fingerprint density at radius 3 is 2.27 bits per heavy atom. The lowest BCUT2D eigenvalue weighted by atomic mass is 10.1. The molecule has 0 saturated heterocycles. The molecule has 5 nitrogen and oxygen atoms in total. The minimum Gasteiger partial charge on any atom is -0.504 e. The normalized spacial score (nSPS) is 10.6. The molecule has 0 fully saturated rings. The number of carbonyl (C=O) groups is 2. The Kier molecular flexibility index (Phi) is 4.58. The van der Waals surface area contributed by atoms with Gasteiger partial charge >= 0.3 is 5.97 Å². The molecule has 0 aromatic heterocycles. The number of aromatic carboxylic acids is 1. The van der Waals surface area contributed by atoms with Crippen molar-refractivity contribution in [1.82, 2.24) is 0 Å². The van der Waals surface area contributed by atoms with Crippen molar-refractivity contribution in [2.24, 2.45) is 0 Å². The van der Waals surface area contributed by atoms with Gasteiger partial charge < -0.3 is 14.9 Å². The van der Waals surface area contributed by atoms with Crippen molar-refractivity contribution >= 4 is 17.8 Å². The van der Waals surface area contributed by atoms with Gasteiger partial charge in [0, 0.05) is 5.56 Å². The van der Waals surface area contributed by atoms with Crippen molar-refractivity contribution in [3.05, 3.63) is 65.2 Å². The Morgan fingerprint density at radius 2 is 1.68 bits per heavy atom. The molecule has 0 aliphatic rings. The molecule has 0 radical (unpaired) electrons. The lowest BCUT2D eigenvalue weighted by Crippen LogP contribution is -1.96. The van der Waals surface area contributed by atoms with Crippen molar-refractivity contribution in [3.8, 4) is 11.5 Å². The molecule has 0 amide bonds. The van der Waals surface area contributed by atoms with E-state index in [0.717, 1.165) is 0 Å². The first-order valence-electron chi connectivity index (χ1n) is 6.44. The van der Waals surface area contributed by atoms with Gasteiger partial charge in [-0.15, -0.1) is 0 Å². The van der Waals surface area contributed by atoms with Crippen LogP contribution in [0.15, 0.2) is 48.5 Å². The number of phenols is 1. The highest BCUT2D eigenvalue weighted by Crippen LogP contribution is 2.26. The second-order valence-electron chi connectivity index (χ2n) is 4.51. The Bertz CT molecular complexity index is 729. The van der Waals surface area contributed by atoms with E-state index in [4.69, 9.17) is 9.84 Å². The molecule has 0 spiro atoms. The summed E-state index contributed by atoms with van der Waals surface area (Å²) in [5.74, 6) is -1.05. The summed E-state index contributed by atoms with van der Waals surface area (Å²) in [4.78, 5) is 22.8. The minimum atomic E-state index is -0.997. The van der Waals surface area contributed by atoms with Gasteiger partial charge in [0.15, 0.2) is 17.3 Å². The number of allylic oxidation sites excluding steroid dienone is 1. The summed E-state index contributed by atoms with van der Waals surface area (Å²) in [6.07, 6.45) is 2.97. The van der Waals surface area contributed by atoms with E-state index in [0.29, 0.717) is 11.1 Å². The summed E-state index contributed by atoms with van der Waals surface area (Å²) >= 11 is 0. The monoisotopic (exact) mass is 298 g/mol. The van der Waals surface area contributed by atoms with E-state index in [1.54, 1.807) is 18.2 Å². The second-order valence-corrected chi connectivity index (χ2v) is 4.51. The van der Waals surface area contributed by atoms with Crippen LogP contribution in [0.3, 0.4) is 0 Å². The SMILES string of the molecule is COc1cc(C(=O)/C=C\c2ccc(C(=O)O)cc2)ccc1O. The van der Waals surface area contributed by atoms with Crippen LogP contribution in [0.4, 0.5) is 0 Å². The number of phenolic OH excluding ortho intramolecular Hbond substituents is 1. The highest BCUT2D eigenvalue weighted by Gasteiger charge is 2.07. The number of ether oxygens (including phenoxy) is 1. The van der Waals surface area contributed by atoms with Crippen LogP contribution in [0, 0.1) is 0 Å². The molecule has 0 aliphatic carbocycles. The van der Waals surface area contributed by atoms with Gasteiger partial charge in [0.05, 0.1) is 12.7 Å². The number of ketones is 1. The highest BCUT2D eigenvalue weighted by atomic mass is 16.5. The van der Waals surface area contributed by atoms with Gasteiger partial charge in [0.1, 0.15) is 0 Å². The molecule has 112 valence electrons. The molecule has 0 saturated carbocycles. The molecule has 0 aliphatic heterocycles. The number of carboxylic acid groups (broad SMARTS) is 1. The van der Waals surface area contributed by atoms with E-state index >= 15 is 0 Å². The van der Waals surface area contributed by atoms with Gasteiger partial charge in [-0.2, -0.15) is 0 Å². The van der Waals surface area contributed by atoms with Crippen molar-refractivity contribution in [2.45, 2.75) is 0 Å². The Morgan fingerprint density at radius 1 is 1.05 bits per heavy atom. The quantitative estimate of drug-likeness (QED) is 0.655. The molecule has 2 aromatic carbocycles. The molecule has 5 heteroatoms. The minimum absolute atomic E-state index is 0.0349. The lowest BCUT2D eigenvalue weighted by molar-refractivity contribution is 0.0696. The molecule has 0 atom stereocenters. The average Bonchev–Trinajstić information content (AvgIpc) is 2.53. The van der Waals surface area contributed by atoms with Crippen LogP contribution in [0.2, 0.25) is 0 Å². The number of hydrogen-bond donors (Lipinski definition) is 2. The third kappa shape index (κ3) is 3.52. The fourth-order valence-electron chi connectivity index (χ4n) is 1.84. The second kappa shape index (κ2) is 6.58. The van der Waals surface area contributed by atoms with Crippen molar-refractivity contribution < 1.29 is 24.5 Å². The summed E-state index contributed by atoms with van der Waals surface area (Å²) in [5, 5.41) is 18.3. The standard InChI is InChI=1S/C17H14O5/c1-22-16-10-13(7-9-15(16)19)14(18)8-4-11-2-5-12(6-3-11)17(20)21/h2-10,19H,1H3,(H,20,21)/b8-4-. The van der Waals surface area contributed by atoms with Crippen LogP contribution in [-0.2, 0) is 0 Å².